The van der Waals surface area contributed by atoms with Crippen molar-refractivity contribution >= 4 is 53.5 Å². The predicted molar refractivity (Wildman–Crippen MR) is 64.4 cm³/mol. The Labute approximate surface area is 97.9 Å². The second kappa shape index (κ2) is 5.16. The highest BCUT2D eigenvalue weighted by Crippen LogP contribution is 2.29. The van der Waals surface area contributed by atoms with Crippen molar-refractivity contribution in [3.05, 3.63) is 38.8 Å². The summed E-state index contributed by atoms with van der Waals surface area (Å²) in [7, 11) is 0. The third kappa shape index (κ3) is 3.10. The molecule has 1 aromatic rings. The van der Waals surface area contributed by atoms with Crippen LogP contribution in [-0.2, 0) is 0 Å². The van der Waals surface area contributed by atoms with Crippen LogP contribution in [0, 0.1) is 0 Å². The second-order valence-corrected chi connectivity index (χ2v) is 3.96. The van der Waals surface area contributed by atoms with E-state index < -0.39 is 0 Å². The van der Waals surface area contributed by atoms with Gasteiger partial charge < -0.3 is 0 Å². The quantitative estimate of drug-likeness (QED) is 0.578. The fourth-order valence-corrected chi connectivity index (χ4v) is 1.57. The zero-order valence-corrected chi connectivity index (χ0v) is 9.76. The average molecular weight is 254 g/mol. The second-order valence-electron chi connectivity index (χ2n) is 2.37. The Kier molecular flexibility index (Phi) is 4.47. The van der Waals surface area contributed by atoms with E-state index in [9.17, 15) is 0 Å². The van der Waals surface area contributed by atoms with Gasteiger partial charge in [0.15, 0.2) is 0 Å². The summed E-state index contributed by atoms with van der Waals surface area (Å²) in [5.74, 6) is 0.663. The molecule has 0 fully saturated rings. The summed E-state index contributed by atoms with van der Waals surface area (Å²) in [4.78, 5) is 0. The van der Waals surface area contributed by atoms with E-state index >= 15 is 0 Å². The van der Waals surface area contributed by atoms with Gasteiger partial charge in [-0.3, -0.25) is 0 Å². The van der Waals surface area contributed by atoms with Gasteiger partial charge in [-0.2, -0.15) is 12.6 Å². The molecular weight excluding hydrogens is 247 g/mol. The Morgan fingerprint density at radius 1 is 1.08 bits per heavy atom. The number of thiol groups is 1. The smallest absolute Gasteiger partial charge is 0.0607 e. The summed E-state index contributed by atoms with van der Waals surface area (Å²) < 4.78 is 0. The lowest BCUT2D eigenvalue weighted by atomic mass is 10.2. The number of hydrogen-bond donors (Lipinski definition) is 1. The maximum atomic E-state index is 5.92. The number of halogens is 3. The van der Waals surface area contributed by atoms with E-state index in [2.05, 4.69) is 12.6 Å². The van der Waals surface area contributed by atoms with Crippen molar-refractivity contribution in [2.24, 2.45) is 0 Å². The molecule has 70 valence electrons. The van der Waals surface area contributed by atoms with Crippen molar-refractivity contribution in [2.45, 2.75) is 0 Å². The Morgan fingerprint density at radius 3 is 2.31 bits per heavy atom. The van der Waals surface area contributed by atoms with E-state index in [1.807, 2.05) is 12.2 Å². The molecule has 0 aliphatic rings. The van der Waals surface area contributed by atoms with Gasteiger partial charge in [-0.25, -0.2) is 0 Å². The Morgan fingerprint density at radius 2 is 1.69 bits per heavy atom. The van der Waals surface area contributed by atoms with Gasteiger partial charge in [0.1, 0.15) is 0 Å². The highest BCUT2D eigenvalue weighted by atomic mass is 35.5. The summed E-state index contributed by atoms with van der Waals surface area (Å²) in [5.41, 5.74) is 0.852. The van der Waals surface area contributed by atoms with E-state index in [4.69, 9.17) is 34.8 Å². The maximum absolute atomic E-state index is 5.92. The van der Waals surface area contributed by atoms with Crippen molar-refractivity contribution in [2.75, 3.05) is 5.75 Å². The van der Waals surface area contributed by atoms with Gasteiger partial charge >= 0.3 is 0 Å². The zero-order chi connectivity index (χ0) is 9.84. The van der Waals surface area contributed by atoms with Gasteiger partial charge in [-0.05, 0) is 17.7 Å². The number of benzene rings is 1. The molecule has 0 aliphatic carbocycles. The minimum atomic E-state index is 0.467. The molecule has 0 unspecified atom stereocenters. The largest absolute Gasteiger partial charge is 0.175 e. The molecule has 0 nitrogen and oxygen atoms in total. The topological polar surface area (TPSA) is 0 Å². The molecule has 0 bridgehead atoms. The molecule has 0 saturated heterocycles. The molecule has 0 saturated carbocycles. The molecular formula is C9H7Cl3S. The summed E-state index contributed by atoms with van der Waals surface area (Å²) in [6.07, 6.45) is 3.74. The van der Waals surface area contributed by atoms with Crippen LogP contribution in [0.25, 0.3) is 6.08 Å². The van der Waals surface area contributed by atoms with Gasteiger partial charge in [-0.1, -0.05) is 47.0 Å². The third-order valence-corrected chi connectivity index (χ3v) is 2.70. The van der Waals surface area contributed by atoms with Crippen molar-refractivity contribution in [3.8, 4) is 0 Å². The highest BCUT2D eigenvalue weighted by Gasteiger charge is 2.02. The SMILES string of the molecule is SCC=Cc1cc(Cl)c(Cl)cc1Cl. The molecule has 0 N–H and O–H groups in total. The van der Waals surface area contributed by atoms with Crippen LogP contribution >= 0.6 is 47.4 Å². The monoisotopic (exact) mass is 252 g/mol. The first-order valence-corrected chi connectivity index (χ1v) is 5.33. The van der Waals surface area contributed by atoms with Crippen LogP contribution in [0.5, 0.6) is 0 Å². The normalized spacial score (nSPS) is 11.1. The van der Waals surface area contributed by atoms with E-state index in [0.717, 1.165) is 5.56 Å². The molecule has 4 heteroatoms. The number of rotatable bonds is 2. The molecule has 1 aromatic carbocycles. The van der Waals surface area contributed by atoms with E-state index in [1.54, 1.807) is 12.1 Å². The Hall–Kier alpha value is 0.180. The minimum Gasteiger partial charge on any atom is -0.175 e. The highest BCUT2D eigenvalue weighted by molar-refractivity contribution is 7.80. The number of hydrogen-bond acceptors (Lipinski definition) is 1. The van der Waals surface area contributed by atoms with Crippen LogP contribution in [0.2, 0.25) is 15.1 Å². The third-order valence-electron chi connectivity index (χ3n) is 1.44. The lowest BCUT2D eigenvalue weighted by Crippen LogP contribution is -1.77. The van der Waals surface area contributed by atoms with Gasteiger partial charge in [0.2, 0.25) is 0 Å². The fourth-order valence-electron chi connectivity index (χ4n) is 0.845. The van der Waals surface area contributed by atoms with Gasteiger partial charge in [-0.15, -0.1) is 0 Å². The standard InChI is InChI=1S/C9H7Cl3S/c10-7-5-9(12)8(11)4-6(7)2-1-3-13/h1-2,4-5,13H,3H2. The van der Waals surface area contributed by atoms with Crippen LogP contribution in [0.15, 0.2) is 18.2 Å². The fraction of sp³-hybridized carbons (Fsp3) is 0.111. The van der Waals surface area contributed by atoms with E-state index in [0.29, 0.717) is 20.8 Å². The van der Waals surface area contributed by atoms with Crippen LogP contribution in [0.3, 0.4) is 0 Å². The Bertz CT molecular complexity index is 334. The first-order valence-electron chi connectivity index (χ1n) is 3.57. The molecule has 0 heterocycles. The molecule has 0 spiro atoms. The zero-order valence-electron chi connectivity index (χ0n) is 6.60. The summed E-state index contributed by atoms with van der Waals surface area (Å²) in [5, 5.41) is 1.56. The van der Waals surface area contributed by atoms with Crippen LogP contribution in [0.1, 0.15) is 5.56 Å². The minimum absolute atomic E-state index is 0.467. The predicted octanol–water partition coefficient (Wildman–Crippen LogP) is 4.59. The molecule has 1 rings (SSSR count). The van der Waals surface area contributed by atoms with Crippen LogP contribution < -0.4 is 0 Å². The molecule has 0 aliphatic heterocycles. The lowest BCUT2D eigenvalue weighted by Gasteiger charge is -2.01. The molecule has 13 heavy (non-hydrogen) atoms. The van der Waals surface area contributed by atoms with Crippen molar-refractivity contribution in [3.63, 3.8) is 0 Å². The van der Waals surface area contributed by atoms with Crippen LogP contribution in [-0.4, -0.2) is 5.75 Å². The van der Waals surface area contributed by atoms with Crippen molar-refractivity contribution in [1.82, 2.24) is 0 Å². The van der Waals surface area contributed by atoms with Crippen molar-refractivity contribution < 1.29 is 0 Å². The average Bonchev–Trinajstić information content (AvgIpc) is 2.09. The summed E-state index contributed by atoms with van der Waals surface area (Å²) in [6.45, 7) is 0. The molecule has 0 aromatic heterocycles. The van der Waals surface area contributed by atoms with E-state index in [1.165, 1.54) is 0 Å². The molecule has 0 amide bonds. The van der Waals surface area contributed by atoms with Gasteiger partial charge in [0, 0.05) is 10.8 Å². The maximum Gasteiger partial charge on any atom is 0.0607 e. The first-order chi connectivity index (χ1) is 6.15. The summed E-state index contributed by atoms with van der Waals surface area (Å²) in [6, 6.07) is 3.36. The first kappa shape index (κ1) is 11.3. The van der Waals surface area contributed by atoms with Gasteiger partial charge in [0.25, 0.3) is 0 Å². The lowest BCUT2D eigenvalue weighted by molar-refractivity contribution is 1.64. The molecule has 0 atom stereocenters. The Balaban J connectivity index is 3.08. The van der Waals surface area contributed by atoms with E-state index in [-0.39, 0.29) is 0 Å². The summed E-state index contributed by atoms with van der Waals surface area (Å²) >= 11 is 21.5. The molecule has 0 radical (unpaired) electrons. The van der Waals surface area contributed by atoms with Gasteiger partial charge in [0.05, 0.1) is 10.0 Å². The van der Waals surface area contributed by atoms with Crippen molar-refractivity contribution in [1.29, 1.82) is 0 Å². The van der Waals surface area contributed by atoms with Crippen LogP contribution in [0.4, 0.5) is 0 Å².